The molecule has 6 nitrogen and oxygen atoms in total. The lowest BCUT2D eigenvalue weighted by Crippen LogP contribution is -2.25. The van der Waals surface area contributed by atoms with Gasteiger partial charge >= 0.3 is 5.97 Å². The molecule has 0 fully saturated rings. The summed E-state index contributed by atoms with van der Waals surface area (Å²) in [6.07, 6.45) is 0.431. The first-order valence-electron chi connectivity index (χ1n) is 7.12. The van der Waals surface area contributed by atoms with Crippen LogP contribution in [0.4, 0.5) is 5.13 Å². The third kappa shape index (κ3) is 3.45. The van der Waals surface area contributed by atoms with Gasteiger partial charge in [-0.1, -0.05) is 41.7 Å². The molecule has 0 saturated heterocycles. The van der Waals surface area contributed by atoms with E-state index < -0.39 is 11.9 Å². The number of Topliss-reactive ketones (excluding diaryl/α,β-unsaturated/α-hetero) is 1. The number of fused-ring (bicyclic) bond motifs is 1. The molecular formula is C16H14N2O4S. The molecule has 1 atom stereocenters. The fourth-order valence-electron chi connectivity index (χ4n) is 2.50. The number of benzene rings is 1. The summed E-state index contributed by atoms with van der Waals surface area (Å²) < 4.78 is 0. The van der Waals surface area contributed by atoms with Crippen molar-refractivity contribution in [2.24, 2.45) is 5.92 Å². The summed E-state index contributed by atoms with van der Waals surface area (Å²) in [5.41, 5.74) is 1.35. The molecule has 118 valence electrons. The lowest BCUT2D eigenvalue weighted by molar-refractivity contribution is -0.141. The third-order valence-corrected chi connectivity index (χ3v) is 4.68. The lowest BCUT2D eigenvalue weighted by Gasteiger charge is -2.15. The molecular weight excluding hydrogens is 316 g/mol. The highest BCUT2D eigenvalue weighted by molar-refractivity contribution is 7.17. The third-order valence-electron chi connectivity index (χ3n) is 3.63. The van der Waals surface area contributed by atoms with Crippen LogP contribution in [0.5, 0.6) is 0 Å². The van der Waals surface area contributed by atoms with E-state index in [9.17, 15) is 14.4 Å². The molecule has 2 aromatic rings. The van der Waals surface area contributed by atoms with Gasteiger partial charge in [-0.05, 0) is 5.56 Å². The van der Waals surface area contributed by atoms with E-state index in [2.05, 4.69) is 10.3 Å². The van der Waals surface area contributed by atoms with E-state index in [-0.39, 0.29) is 31.0 Å². The number of aromatic nitrogens is 1. The summed E-state index contributed by atoms with van der Waals surface area (Å²) in [6.45, 7) is 0. The zero-order chi connectivity index (χ0) is 16.4. The second-order valence-corrected chi connectivity index (χ2v) is 6.37. The molecule has 1 heterocycles. The van der Waals surface area contributed by atoms with Gasteiger partial charge in [0.2, 0.25) is 5.91 Å². The Bertz CT molecular complexity index is 770. The van der Waals surface area contributed by atoms with Crippen LogP contribution in [0.3, 0.4) is 0 Å². The van der Waals surface area contributed by atoms with Crippen LogP contribution >= 0.6 is 11.3 Å². The SMILES string of the molecule is O=C(Cc1ccccc1)Nc1nc2c(s1)C(=O)C[C@@H](C(=O)O)C2. The van der Waals surface area contributed by atoms with E-state index >= 15 is 0 Å². The zero-order valence-corrected chi connectivity index (χ0v) is 12.9. The van der Waals surface area contributed by atoms with Crippen LogP contribution in [0.15, 0.2) is 30.3 Å². The Balaban J connectivity index is 1.71. The maximum Gasteiger partial charge on any atom is 0.307 e. The summed E-state index contributed by atoms with van der Waals surface area (Å²) in [4.78, 5) is 39.7. The number of nitrogens with zero attached hydrogens (tertiary/aromatic N) is 1. The van der Waals surface area contributed by atoms with Crippen LogP contribution in [-0.2, 0) is 22.4 Å². The Morgan fingerprint density at radius 2 is 2.00 bits per heavy atom. The van der Waals surface area contributed by atoms with Crippen LogP contribution in [0.2, 0.25) is 0 Å². The molecule has 0 bridgehead atoms. The van der Waals surface area contributed by atoms with E-state index in [0.717, 1.165) is 16.9 Å². The fraction of sp³-hybridized carbons (Fsp3) is 0.250. The number of amides is 1. The van der Waals surface area contributed by atoms with Gasteiger partial charge in [0, 0.05) is 12.8 Å². The van der Waals surface area contributed by atoms with Crippen molar-refractivity contribution in [2.75, 3.05) is 5.32 Å². The normalized spacial score (nSPS) is 16.7. The maximum atomic E-state index is 12.0. The molecule has 0 unspecified atom stereocenters. The van der Waals surface area contributed by atoms with Gasteiger partial charge in [-0.3, -0.25) is 14.4 Å². The number of hydrogen-bond donors (Lipinski definition) is 2. The average Bonchev–Trinajstić information content (AvgIpc) is 2.91. The average molecular weight is 330 g/mol. The van der Waals surface area contributed by atoms with Crippen LogP contribution in [0.25, 0.3) is 0 Å². The first-order chi connectivity index (χ1) is 11.0. The standard InChI is InChI=1S/C16H14N2O4S/c19-12-8-10(15(21)22)7-11-14(12)23-16(17-11)18-13(20)6-9-4-2-1-3-5-9/h1-5,10H,6-8H2,(H,21,22)(H,17,18,20)/t10-/m0/s1. The lowest BCUT2D eigenvalue weighted by atomic mass is 9.90. The van der Waals surface area contributed by atoms with Crippen LogP contribution < -0.4 is 5.32 Å². The van der Waals surface area contributed by atoms with Gasteiger partial charge in [0.15, 0.2) is 10.9 Å². The number of ketones is 1. The van der Waals surface area contributed by atoms with Crippen LogP contribution in [-0.4, -0.2) is 27.8 Å². The number of carbonyl (C=O) groups is 3. The van der Waals surface area contributed by atoms with E-state index in [0.29, 0.717) is 15.7 Å². The van der Waals surface area contributed by atoms with Gasteiger partial charge in [0.1, 0.15) is 0 Å². The molecule has 7 heteroatoms. The maximum absolute atomic E-state index is 12.0. The Kier molecular flexibility index (Phi) is 4.20. The highest BCUT2D eigenvalue weighted by atomic mass is 32.1. The summed E-state index contributed by atoms with van der Waals surface area (Å²) in [5, 5.41) is 12.1. The molecule has 0 radical (unpaired) electrons. The van der Waals surface area contributed by atoms with Crippen molar-refractivity contribution >= 4 is 34.1 Å². The number of hydrogen-bond acceptors (Lipinski definition) is 5. The smallest absolute Gasteiger partial charge is 0.307 e. The Labute approximate surface area is 136 Å². The molecule has 0 spiro atoms. The Morgan fingerprint density at radius 3 is 2.70 bits per heavy atom. The quantitative estimate of drug-likeness (QED) is 0.895. The highest BCUT2D eigenvalue weighted by Gasteiger charge is 2.33. The number of carboxylic acid groups (broad SMARTS) is 1. The number of thiazole rings is 1. The minimum Gasteiger partial charge on any atom is -0.481 e. The first kappa shape index (κ1) is 15.4. The first-order valence-corrected chi connectivity index (χ1v) is 7.94. The van der Waals surface area contributed by atoms with Crippen molar-refractivity contribution < 1.29 is 19.5 Å². The predicted molar refractivity (Wildman–Crippen MR) is 84.7 cm³/mol. The number of carbonyl (C=O) groups excluding carboxylic acids is 2. The number of rotatable bonds is 4. The summed E-state index contributed by atoms with van der Waals surface area (Å²) >= 11 is 1.11. The largest absolute Gasteiger partial charge is 0.481 e. The summed E-state index contributed by atoms with van der Waals surface area (Å²) in [7, 11) is 0. The highest BCUT2D eigenvalue weighted by Crippen LogP contribution is 2.32. The number of aliphatic carboxylic acids is 1. The fourth-order valence-corrected chi connectivity index (χ4v) is 3.46. The van der Waals surface area contributed by atoms with Crippen molar-refractivity contribution in [3.05, 3.63) is 46.5 Å². The van der Waals surface area contributed by atoms with Crippen molar-refractivity contribution in [3.8, 4) is 0 Å². The van der Waals surface area contributed by atoms with E-state index in [1.165, 1.54) is 0 Å². The summed E-state index contributed by atoms with van der Waals surface area (Å²) in [5.74, 6) is -2.17. The van der Waals surface area contributed by atoms with Gasteiger partial charge in [-0.2, -0.15) is 0 Å². The second kappa shape index (κ2) is 6.29. The molecule has 2 N–H and O–H groups in total. The molecule has 1 aliphatic carbocycles. The zero-order valence-electron chi connectivity index (χ0n) is 12.1. The number of anilines is 1. The Hall–Kier alpha value is -2.54. The molecule has 1 aromatic heterocycles. The monoisotopic (exact) mass is 330 g/mol. The molecule has 1 amide bonds. The van der Waals surface area contributed by atoms with Gasteiger partial charge in [0.25, 0.3) is 0 Å². The second-order valence-electron chi connectivity index (χ2n) is 5.37. The topological polar surface area (TPSA) is 96.4 Å². The van der Waals surface area contributed by atoms with Crippen molar-refractivity contribution in [3.63, 3.8) is 0 Å². The molecule has 0 saturated carbocycles. The molecule has 1 aromatic carbocycles. The minimum absolute atomic E-state index is 0.0120. The van der Waals surface area contributed by atoms with E-state index in [1.807, 2.05) is 30.3 Å². The summed E-state index contributed by atoms with van der Waals surface area (Å²) in [6, 6.07) is 9.30. The minimum atomic E-state index is -0.994. The molecule has 23 heavy (non-hydrogen) atoms. The van der Waals surface area contributed by atoms with Gasteiger partial charge < -0.3 is 10.4 Å². The predicted octanol–water partition coefficient (Wildman–Crippen LogP) is 2.15. The molecule has 3 rings (SSSR count). The molecule has 0 aliphatic heterocycles. The van der Waals surface area contributed by atoms with Crippen molar-refractivity contribution in [1.82, 2.24) is 4.98 Å². The van der Waals surface area contributed by atoms with Gasteiger partial charge in [0.05, 0.1) is 22.9 Å². The van der Waals surface area contributed by atoms with Gasteiger partial charge in [-0.25, -0.2) is 4.98 Å². The van der Waals surface area contributed by atoms with Crippen molar-refractivity contribution in [1.29, 1.82) is 0 Å². The number of carboxylic acids is 1. The number of nitrogens with one attached hydrogen (secondary N) is 1. The van der Waals surface area contributed by atoms with Crippen LogP contribution in [0, 0.1) is 5.92 Å². The molecule has 1 aliphatic rings. The van der Waals surface area contributed by atoms with Crippen molar-refractivity contribution in [2.45, 2.75) is 19.3 Å². The van der Waals surface area contributed by atoms with Crippen LogP contribution in [0.1, 0.15) is 27.3 Å². The van der Waals surface area contributed by atoms with E-state index in [1.54, 1.807) is 0 Å². The van der Waals surface area contributed by atoms with Gasteiger partial charge in [-0.15, -0.1) is 0 Å². The van der Waals surface area contributed by atoms with E-state index in [4.69, 9.17) is 5.11 Å². The Morgan fingerprint density at radius 1 is 1.26 bits per heavy atom.